The van der Waals surface area contributed by atoms with Crippen LogP contribution in [-0.2, 0) is 12.8 Å². The van der Waals surface area contributed by atoms with E-state index in [2.05, 4.69) is 92.4 Å². The number of hydrogen-bond donors (Lipinski definition) is 2. The van der Waals surface area contributed by atoms with Gasteiger partial charge in [0.2, 0.25) is 0 Å². The van der Waals surface area contributed by atoms with Gasteiger partial charge in [-0.1, -0.05) is 72.4 Å². The summed E-state index contributed by atoms with van der Waals surface area (Å²) in [6, 6.07) is 13.2. The molecule has 5 atom stereocenters. The maximum Gasteiger partial charge on any atom is 0.165 e. The number of aryl methyl sites for hydroxylation is 1. The average Bonchev–Trinajstić information content (AvgIpc) is 3.64. The molecule has 2 aromatic carbocycles. The van der Waals surface area contributed by atoms with E-state index >= 15 is 0 Å². The Morgan fingerprint density at radius 2 is 1.66 bits per heavy atom. The van der Waals surface area contributed by atoms with Crippen molar-refractivity contribution in [3.63, 3.8) is 0 Å². The Bertz CT molecular complexity index is 1830. The summed E-state index contributed by atoms with van der Waals surface area (Å²) < 4.78 is 7.70. The number of aliphatic imine (C=N–C) groups is 1. The Morgan fingerprint density at radius 1 is 0.980 bits per heavy atom. The molecule has 0 bridgehead atoms. The fourth-order valence-electron chi connectivity index (χ4n) is 8.07. The highest BCUT2D eigenvalue weighted by molar-refractivity contribution is 5.84. The molecular formula is C40H55N9O. The summed E-state index contributed by atoms with van der Waals surface area (Å²) in [5.41, 5.74) is 19.1. The predicted octanol–water partition coefficient (Wildman–Crippen LogP) is 7.29. The van der Waals surface area contributed by atoms with Crippen molar-refractivity contribution in [2.75, 3.05) is 31.8 Å². The van der Waals surface area contributed by atoms with Gasteiger partial charge in [0, 0.05) is 38.7 Å². The van der Waals surface area contributed by atoms with Crippen LogP contribution in [0, 0.1) is 11.8 Å². The molecule has 6 rings (SSSR count). The van der Waals surface area contributed by atoms with Crippen LogP contribution in [0.4, 0.5) is 11.5 Å². The van der Waals surface area contributed by atoms with Crippen molar-refractivity contribution < 1.29 is 4.74 Å². The third-order valence-corrected chi connectivity index (χ3v) is 10.8. The van der Waals surface area contributed by atoms with Crippen LogP contribution in [0.25, 0.3) is 11.2 Å². The summed E-state index contributed by atoms with van der Waals surface area (Å²) in [7, 11) is 5.68. The number of aromatic nitrogens is 4. The third-order valence-electron chi connectivity index (χ3n) is 10.8. The summed E-state index contributed by atoms with van der Waals surface area (Å²) in [6.07, 6.45) is 7.01. The lowest BCUT2D eigenvalue weighted by Gasteiger charge is -2.43. The number of hydrazine groups is 1. The van der Waals surface area contributed by atoms with Crippen LogP contribution in [0.3, 0.4) is 0 Å². The number of rotatable bonds is 11. The SMILES string of the molecule is C=C1C(Cc2ccc(OC)cc2)N=C(CCc2cc(C(C)C)c(N)c(C(C)C)c2)NN1C1C(C)CC(n2cnc3c(N(C)C)ncnc32)C1C. The topological polar surface area (TPSA) is 110 Å². The standard InChI is InChI=1S/C40H55N9O/c1-23(2)31-18-29(19-32(24(3)4)36(31)41)13-16-35-45-33(20-28-11-14-30(50-10)15-12-28)27(7)49(46-35)38-25(5)17-34(26(38)6)48-22-44-37-39(47(8)9)42-21-43-40(37)48/h11-12,14-15,18-19,21-26,33-34,38H,7,13,16-17,20,41H2,1-6,8-10H3,(H,45,46). The molecule has 3 heterocycles. The van der Waals surface area contributed by atoms with Gasteiger partial charge in [-0.15, -0.1) is 0 Å². The normalized spacial score (nSPS) is 22.4. The Balaban J connectivity index is 1.30. The minimum Gasteiger partial charge on any atom is -0.497 e. The van der Waals surface area contributed by atoms with Crippen molar-refractivity contribution >= 4 is 28.5 Å². The molecule has 1 aliphatic carbocycles. The molecule has 1 saturated carbocycles. The van der Waals surface area contributed by atoms with Crippen molar-refractivity contribution in [1.82, 2.24) is 30.0 Å². The number of benzene rings is 2. The van der Waals surface area contributed by atoms with Gasteiger partial charge in [-0.3, -0.25) is 15.4 Å². The molecule has 5 unspecified atom stereocenters. The van der Waals surface area contributed by atoms with Crippen LogP contribution in [0.1, 0.15) is 94.5 Å². The number of nitrogens with one attached hydrogen (secondary N) is 1. The zero-order valence-electron chi connectivity index (χ0n) is 31.3. The van der Waals surface area contributed by atoms with Crippen molar-refractivity contribution in [3.8, 4) is 5.75 Å². The molecule has 10 nitrogen and oxygen atoms in total. The molecule has 10 heteroatoms. The van der Waals surface area contributed by atoms with Gasteiger partial charge in [-0.2, -0.15) is 0 Å². The van der Waals surface area contributed by atoms with E-state index in [0.29, 0.717) is 17.8 Å². The number of nitrogens with zero attached hydrogens (tertiary/aromatic N) is 7. The molecule has 0 radical (unpaired) electrons. The highest BCUT2D eigenvalue weighted by atomic mass is 16.5. The number of nitrogens with two attached hydrogens (primary N) is 1. The van der Waals surface area contributed by atoms with E-state index in [1.807, 2.05) is 37.5 Å². The number of ether oxygens (including phenoxy) is 1. The van der Waals surface area contributed by atoms with Gasteiger partial charge in [0.05, 0.1) is 31.2 Å². The van der Waals surface area contributed by atoms with E-state index in [9.17, 15) is 0 Å². The number of amidine groups is 1. The lowest BCUT2D eigenvalue weighted by molar-refractivity contribution is 0.127. The highest BCUT2D eigenvalue weighted by Crippen LogP contribution is 2.45. The largest absolute Gasteiger partial charge is 0.497 e. The van der Waals surface area contributed by atoms with Crippen LogP contribution in [0.5, 0.6) is 5.75 Å². The first-order valence-electron chi connectivity index (χ1n) is 18.1. The summed E-state index contributed by atoms with van der Waals surface area (Å²) in [5, 5.41) is 2.35. The first-order chi connectivity index (χ1) is 23.9. The molecule has 266 valence electrons. The molecule has 0 spiro atoms. The lowest BCUT2D eigenvalue weighted by Crippen LogP contribution is -2.56. The average molecular weight is 678 g/mol. The monoisotopic (exact) mass is 677 g/mol. The minimum absolute atomic E-state index is 0.0913. The van der Waals surface area contributed by atoms with Gasteiger partial charge >= 0.3 is 0 Å². The van der Waals surface area contributed by atoms with Gasteiger partial charge in [-0.25, -0.2) is 15.0 Å². The van der Waals surface area contributed by atoms with Crippen LogP contribution >= 0.6 is 0 Å². The molecule has 50 heavy (non-hydrogen) atoms. The second kappa shape index (κ2) is 14.3. The lowest BCUT2D eigenvalue weighted by atomic mass is 9.89. The van der Waals surface area contributed by atoms with Crippen molar-refractivity contribution in [2.24, 2.45) is 16.8 Å². The maximum atomic E-state index is 6.65. The molecule has 0 amide bonds. The second-order valence-electron chi connectivity index (χ2n) is 15.2. The number of hydrogen-bond acceptors (Lipinski definition) is 9. The highest BCUT2D eigenvalue weighted by Gasteiger charge is 2.45. The van der Waals surface area contributed by atoms with Gasteiger partial charge in [0.1, 0.15) is 17.9 Å². The second-order valence-corrected chi connectivity index (χ2v) is 15.2. The Morgan fingerprint density at radius 3 is 2.28 bits per heavy atom. The van der Waals surface area contributed by atoms with Crippen LogP contribution < -0.4 is 20.8 Å². The first kappa shape index (κ1) is 35.2. The number of imidazole rings is 1. The van der Waals surface area contributed by atoms with Gasteiger partial charge in [0.15, 0.2) is 17.0 Å². The molecule has 1 aliphatic heterocycles. The van der Waals surface area contributed by atoms with Crippen molar-refractivity contribution in [3.05, 3.63) is 83.6 Å². The Hall–Kier alpha value is -4.60. The summed E-state index contributed by atoms with van der Waals surface area (Å²) in [6.45, 7) is 18.3. The van der Waals surface area contributed by atoms with Crippen LogP contribution in [-0.4, -0.2) is 63.7 Å². The van der Waals surface area contributed by atoms with E-state index in [1.165, 1.54) is 22.3 Å². The molecule has 2 aromatic heterocycles. The smallest absolute Gasteiger partial charge is 0.165 e. The molecule has 3 N–H and O–H groups in total. The molecule has 2 aliphatic rings. The van der Waals surface area contributed by atoms with Crippen LogP contribution in [0.2, 0.25) is 0 Å². The molecular weight excluding hydrogens is 623 g/mol. The summed E-state index contributed by atoms with van der Waals surface area (Å²) >= 11 is 0. The Kier molecular flexibility index (Phi) is 10.1. The zero-order valence-corrected chi connectivity index (χ0v) is 31.3. The van der Waals surface area contributed by atoms with Crippen molar-refractivity contribution in [2.45, 2.75) is 97.2 Å². The van der Waals surface area contributed by atoms with E-state index in [-0.39, 0.29) is 24.0 Å². The fourth-order valence-corrected chi connectivity index (χ4v) is 8.07. The molecule has 4 aromatic rings. The summed E-state index contributed by atoms with van der Waals surface area (Å²) in [5.74, 6) is 4.05. The van der Waals surface area contributed by atoms with Gasteiger partial charge < -0.3 is 19.9 Å². The van der Waals surface area contributed by atoms with E-state index in [0.717, 1.165) is 65.6 Å². The van der Waals surface area contributed by atoms with Crippen molar-refractivity contribution in [1.29, 1.82) is 0 Å². The van der Waals surface area contributed by atoms with Gasteiger partial charge in [-0.05, 0) is 70.9 Å². The maximum absolute atomic E-state index is 6.65. The number of fused-ring (bicyclic) bond motifs is 1. The third kappa shape index (κ3) is 6.76. The molecule has 1 fully saturated rings. The van der Waals surface area contributed by atoms with Gasteiger partial charge in [0.25, 0.3) is 0 Å². The fraction of sp³-hybridized carbons (Fsp3) is 0.500. The number of methoxy groups -OCH3 is 1. The zero-order chi connectivity index (χ0) is 35.9. The summed E-state index contributed by atoms with van der Waals surface area (Å²) in [4.78, 5) is 21.3. The molecule has 0 saturated heterocycles. The van der Waals surface area contributed by atoms with Crippen LogP contribution in [0.15, 0.2) is 66.3 Å². The quantitative estimate of drug-likeness (QED) is 0.159. The number of nitrogen functional groups attached to an aromatic ring is 1. The Labute approximate surface area is 297 Å². The minimum atomic E-state index is -0.0913. The van der Waals surface area contributed by atoms with E-state index in [4.69, 9.17) is 25.4 Å². The van der Waals surface area contributed by atoms with E-state index < -0.39 is 0 Å². The first-order valence-corrected chi connectivity index (χ1v) is 18.1. The number of anilines is 2. The van der Waals surface area contributed by atoms with E-state index in [1.54, 1.807) is 13.4 Å². The predicted molar refractivity (Wildman–Crippen MR) is 205 cm³/mol.